The molecule has 1 saturated heterocycles. The summed E-state index contributed by atoms with van der Waals surface area (Å²) < 4.78 is 0. The number of halogens is 1. The number of piperazine rings is 1. The average Bonchev–Trinajstić information content (AvgIpc) is 2.92. The highest BCUT2D eigenvalue weighted by Crippen LogP contribution is 2.28. The molecule has 5 nitrogen and oxygen atoms in total. The number of pyridine rings is 1. The normalized spacial score (nSPS) is 15.1. The smallest absolute Gasteiger partial charge is 0.129 e. The maximum Gasteiger partial charge on any atom is 0.129 e. The van der Waals surface area contributed by atoms with E-state index in [1.807, 2.05) is 12.1 Å². The van der Waals surface area contributed by atoms with Crippen LogP contribution in [-0.4, -0.2) is 36.1 Å². The molecule has 0 amide bonds. The van der Waals surface area contributed by atoms with Crippen LogP contribution in [0.4, 0.5) is 5.82 Å². The third-order valence-corrected chi connectivity index (χ3v) is 3.59. The van der Waals surface area contributed by atoms with Crippen LogP contribution < -0.4 is 10.2 Å². The third kappa shape index (κ3) is 2.48. The fourth-order valence-corrected chi connectivity index (χ4v) is 2.57. The largest absolute Gasteiger partial charge is 0.355 e. The zero-order valence-electron chi connectivity index (χ0n) is 10.9. The standard InChI is InChI=1S/C14H14ClN5/c15-13-8-10(1-2-18-13)12-7-11(9-16)14(19-12)20-5-3-17-4-6-20/h1-2,7-8,17,19H,3-6H2. The lowest BCUT2D eigenvalue weighted by Crippen LogP contribution is -2.44. The molecule has 0 spiro atoms. The molecule has 2 aromatic heterocycles. The molecule has 2 N–H and O–H groups in total. The van der Waals surface area contributed by atoms with E-state index in [0.717, 1.165) is 43.3 Å². The highest BCUT2D eigenvalue weighted by Gasteiger charge is 2.17. The summed E-state index contributed by atoms with van der Waals surface area (Å²) in [5.41, 5.74) is 2.48. The Hall–Kier alpha value is -2.03. The zero-order chi connectivity index (χ0) is 13.9. The quantitative estimate of drug-likeness (QED) is 0.829. The number of nitriles is 1. The van der Waals surface area contributed by atoms with Crippen LogP contribution in [0.3, 0.4) is 0 Å². The predicted molar refractivity (Wildman–Crippen MR) is 78.8 cm³/mol. The molecule has 0 saturated carbocycles. The number of nitrogens with one attached hydrogen (secondary N) is 2. The zero-order valence-corrected chi connectivity index (χ0v) is 11.6. The van der Waals surface area contributed by atoms with Crippen molar-refractivity contribution in [2.24, 2.45) is 0 Å². The maximum atomic E-state index is 9.31. The monoisotopic (exact) mass is 287 g/mol. The van der Waals surface area contributed by atoms with Crippen molar-refractivity contribution in [1.29, 1.82) is 5.26 Å². The molecule has 102 valence electrons. The van der Waals surface area contributed by atoms with E-state index in [4.69, 9.17) is 11.6 Å². The maximum absolute atomic E-state index is 9.31. The van der Waals surface area contributed by atoms with Crippen molar-refractivity contribution in [3.63, 3.8) is 0 Å². The average molecular weight is 288 g/mol. The van der Waals surface area contributed by atoms with Crippen molar-refractivity contribution in [2.45, 2.75) is 0 Å². The molecular weight excluding hydrogens is 274 g/mol. The van der Waals surface area contributed by atoms with Gasteiger partial charge in [0.2, 0.25) is 0 Å². The second-order valence-corrected chi connectivity index (χ2v) is 5.05. The highest BCUT2D eigenvalue weighted by atomic mass is 35.5. The lowest BCUT2D eigenvalue weighted by molar-refractivity contribution is 0.585. The van der Waals surface area contributed by atoms with E-state index in [1.54, 1.807) is 12.3 Å². The van der Waals surface area contributed by atoms with Gasteiger partial charge in [0.15, 0.2) is 0 Å². The van der Waals surface area contributed by atoms with Gasteiger partial charge in [-0.15, -0.1) is 0 Å². The van der Waals surface area contributed by atoms with Gasteiger partial charge in [0.25, 0.3) is 0 Å². The Kier molecular flexibility index (Phi) is 3.59. The summed E-state index contributed by atoms with van der Waals surface area (Å²) in [5, 5.41) is 13.1. The molecular formula is C14H14ClN5. The van der Waals surface area contributed by atoms with Gasteiger partial charge in [-0.1, -0.05) is 11.6 Å². The first-order valence-corrected chi connectivity index (χ1v) is 6.86. The molecule has 20 heavy (non-hydrogen) atoms. The SMILES string of the molecule is N#Cc1cc(-c2ccnc(Cl)c2)[nH]c1N1CCNCC1. The van der Waals surface area contributed by atoms with Crippen LogP contribution >= 0.6 is 11.6 Å². The van der Waals surface area contributed by atoms with E-state index in [2.05, 4.69) is 26.3 Å². The molecule has 0 atom stereocenters. The van der Waals surface area contributed by atoms with Crippen LogP contribution in [0.5, 0.6) is 0 Å². The summed E-state index contributed by atoms with van der Waals surface area (Å²) in [5.74, 6) is 0.886. The van der Waals surface area contributed by atoms with Crippen molar-refractivity contribution in [1.82, 2.24) is 15.3 Å². The Balaban J connectivity index is 1.98. The minimum absolute atomic E-state index is 0.444. The number of aromatic nitrogens is 2. The summed E-state index contributed by atoms with van der Waals surface area (Å²) >= 11 is 5.92. The summed E-state index contributed by atoms with van der Waals surface area (Å²) in [4.78, 5) is 9.50. The third-order valence-electron chi connectivity index (χ3n) is 3.39. The van der Waals surface area contributed by atoms with Gasteiger partial charge in [-0.05, 0) is 18.2 Å². The lowest BCUT2D eigenvalue weighted by Gasteiger charge is -2.28. The van der Waals surface area contributed by atoms with Gasteiger partial charge in [0.1, 0.15) is 17.0 Å². The van der Waals surface area contributed by atoms with E-state index in [0.29, 0.717) is 10.7 Å². The van der Waals surface area contributed by atoms with Gasteiger partial charge in [-0.25, -0.2) is 4.98 Å². The fourth-order valence-electron chi connectivity index (χ4n) is 2.39. The molecule has 1 aliphatic rings. The van der Waals surface area contributed by atoms with Gasteiger partial charge < -0.3 is 15.2 Å². The molecule has 1 aliphatic heterocycles. The number of aromatic amines is 1. The van der Waals surface area contributed by atoms with Crippen LogP contribution in [-0.2, 0) is 0 Å². The number of anilines is 1. The number of nitrogens with zero attached hydrogens (tertiary/aromatic N) is 3. The Morgan fingerprint density at radius 3 is 2.80 bits per heavy atom. The van der Waals surface area contributed by atoms with E-state index in [-0.39, 0.29) is 0 Å². The number of hydrogen-bond acceptors (Lipinski definition) is 4. The molecule has 0 aliphatic carbocycles. The van der Waals surface area contributed by atoms with Crippen molar-refractivity contribution >= 4 is 17.4 Å². The van der Waals surface area contributed by atoms with Crippen LogP contribution in [0.25, 0.3) is 11.3 Å². The summed E-state index contributed by atoms with van der Waals surface area (Å²) in [6, 6.07) is 7.78. The number of rotatable bonds is 2. The molecule has 0 aromatic carbocycles. The molecule has 3 heterocycles. The van der Waals surface area contributed by atoms with Crippen molar-refractivity contribution in [2.75, 3.05) is 31.1 Å². The molecule has 2 aromatic rings. The minimum atomic E-state index is 0.444. The Labute approximate surface area is 122 Å². The predicted octanol–water partition coefficient (Wildman–Crippen LogP) is 2.01. The molecule has 0 bridgehead atoms. The molecule has 0 unspecified atom stereocenters. The van der Waals surface area contributed by atoms with E-state index in [9.17, 15) is 5.26 Å². The van der Waals surface area contributed by atoms with Gasteiger partial charge in [-0.2, -0.15) is 5.26 Å². The van der Waals surface area contributed by atoms with Gasteiger partial charge in [0, 0.05) is 43.6 Å². The second-order valence-electron chi connectivity index (χ2n) is 4.66. The summed E-state index contributed by atoms with van der Waals surface area (Å²) in [6.07, 6.45) is 1.66. The fraction of sp³-hybridized carbons (Fsp3) is 0.286. The molecule has 0 radical (unpaired) electrons. The summed E-state index contributed by atoms with van der Waals surface area (Å²) in [6.45, 7) is 3.65. The minimum Gasteiger partial charge on any atom is -0.355 e. The van der Waals surface area contributed by atoms with Crippen LogP contribution in [0.2, 0.25) is 5.15 Å². The van der Waals surface area contributed by atoms with E-state index in [1.165, 1.54) is 0 Å². The Bertz CT molecular complexity index is 652. The molecule has 1 fully saturated rings. The first-order chi connectivity index (χ1) is 9.78. The molecule has 6 heteroatoms. The van der Waals surface area contributed by atoms with Crippen molar-refractivity contribution in [3.05, 3.63) is 35.1 Å². The van der Waals surface area contributed by atoms with Gasteiger partial charge in [0.05, 0.1) is 5.56 Å². The Morgan fingerprint density at radius 2 is 2.10 bits per heavy atom. The highest BCUT2D eigenvalue weighted by molar-refractivity contribution is 6.29. The van der Waals surface area contributed by atoms with Crippen LogP contribution in [0.1, 0.15) is 5.56 Å². The number of hydrogen-bond donors (Lipinski definition) is 2. The molecule has 3 rings (SSSR count). The topological polar surface area (TPSA) is 67.7 Å². The first-order valence-electron chi connectivity index (χ1n) is 6.48. The number of H-pyrrole nitrogens is 1. The Morgan fingerprint density at radius 1 is 1.30 bits per heavy atom. The van der Waals surface area contributed by atoms with Crippen LogP contribution in [0.15, 0.2) is 24.4 Å². The van der Waals surface area contributed by atoms with Crippen molar-refractivity contribution in [3.8, 4) is 17.3 Å². The lowest BCUT2D eigenvalue weighted by atomic mass is 10.2. The summed E-state index contributed by atoms with van der Waals surface area (Å²) in [7, 11) is 0. The van der Waals surface area contributed by atoms with E-state index >= 15 is 0 Å². The first kappa shape index (κ1) is 13.0. The van der Waals surface area contributed by atoms with E-state index < -0.39 is 0 Å². The van der Waals surface area contributed by atoms with Crippen LogP contribution in [0, 0.1) is 11.3 Å². The van der Waals surface area contributed by atoms with Gasteiger partial charge >= 0.3 is 0 Å². The van der Waals surface area contributed by atoms with Crippen molar-refractivity contribution < 1.29 is 0 Å². The second kappa shape index (κ2) is 5.53. The van der Waals surface area contributed by atoms with Gasteiger partial charge in [-0.3, -0.25) is 0 Å².